The van der Waals surface area contributed by atoms with Gasteiger partial charge in [-0.05, 0) is 88.3 Å². The van der Waals surface area contributed by atoms with E-state index in [2.05, 4.69) is 23.1 Å². The number of aromatic nitrogens is 3. The number of fused-ring (bicyclic) bond motifs is 1. The van der Waals surface area contributed by atoms with Crippen LogP contribution in [0.4, 0.5) is 10.5 Å². The van der Waals surface area contributed by atoms with E-state index in [9.17, 15) is 4.79 Å². The largest absolute Gasteiger partial charge is 0.473 e. The van der Waals surface area contributed by atoms with Crippen molar-refractivity contribution in [1.82, 2.24) is 19.7 Å². The average molecular weight is 674 g/mol. The maximum absolute atomic E-state index is 12.9. The third-order valence-corrected chi connectivity index (χ3v) is 10.1. The molecule has 1 aliphatic heterocycles. The van der Waals surface area contributed by atoms with Gasteiger partial charge in [0, 0.05) is 49.4 Å². The molecule has 3 heterocycles. The third-order valence-electron chi connectivity index (χ3n) is 10.1. The van der Waals surface area contributed by atoms with E-state index in [1.165, 1.54) is 12.1 Å². The molecule has 5 aromatic rings. The number of anilines is 1. The molecule has 1 aliphatic carbocycles. The van der Waals surface area contributed by atoms with Gasteiger partial charge >= 0.3 is 6.09 Å². The smallest absolute Gasteiger partial charge is 0.410 e. The molecule has 0 N–H and O–H groups in total. The first kappa shape index (κ1) is 33.4. The maximum atomic E-state index is 12.9. The number of carbonyl (C=O) groups is 1. The number of rotatable bonds is 9. The van der Waals surface area contributed by atoms with E-state index < -0.39 is 5.60 Å². The molecule has 1 unspecified atom stereocenters. The molecule has 50 heavy (non-hydrogen) atoms. The van der Waals surface area contributed by atoms with Gasteiger partial charge in [0.05, 0.1) is 11.1 Å². The van der Waals surface area contributed by atoms with Gasteiger partial charge < -0.3 is 24.0 Å². The summed E-state index contributed by atoms with van der Waals surface area (Å²) in [5.74, 6) is 0.975. The molecule has 2 aliphatic rings. The zero-order chi connectivity index (χ0) is 34.9. The van der Waals surface area contributed by atoms with Crippen LogP contribution in [-0.4, -0.2) is 56.5 Å². The fourth-order valence-corrected chi connectivity index (χ4v) is 7.31. The second-order valence-corrected chi connectivity index (χ2v) is 14.7. The van der Waals surface area contributed by atoms with Crippen molar-refractivity contribution < 1.29 is 19.0 Å². The quantitative estimate of drug-likeness (QED) is 0.155. The lowest BCUT2D eigenvalue weighted by Gasteiger charge is -2.57. The highest BCUT2D eigenvalue weighted by Crippen LogP contribution is 2.48. The van der Waals surface area contributed by atoms with Gasteiger partial charge in [-0.3, -0.25) is 4.68 Å². The lowest BCUT2D eigenvalue weighted by atomic mass is 9.68. The number of amides is 1. The van der Waals surface area contributed by atoms with Crippen LogP contribution < -0.4 is 14.4 Å². The Morgan fingerprint density at radius 2 is 1.60 bits per heavy atom. The molecule has 2 fully saturated rings. The predicted molar refractivity (Wildman–Crippen MR) is 196 cm³/mol. The first-order valence-corrected chi connectivity index (χ1v) is 17.6. The van der Waals surface area contributed by atoms with Gasteiger partial charge in [-0.25, -0.2) is 4.79 Å². The SMILES string of the molecule is CN(C(=O)OC(C)(C)C)C1CCN(c2ccc3c(-c4ccc(OCc5ccccc5)nc4OCc4ccccc4)nn(C)c3c2)C2(CCC2)C1. The van der Waals surface area contributed by atoms with E-state index in [1.807, 2.05) is 117 Å². The van der Waals surface area contributed by atoms with Gasteiger partial charge in [0.25, 0.3) is 0 Å². The van der Waals surface area contributed by atoms with E-state index in [0.717, 1.165) is 65.5 Å². The molecule has 7 rings (SSSR count). The summed E-state index contributed by atoms with van der Waals surface area (Å²) in [4.78, 5) is 22.2. The van der Waals surface area contributed by atoms with Crippen LogP contribution in [0.3, 0.4) is 0 Å². The number of pyridine rings is 1. The number of carbonyl (C=O) groups excluding carboxylic acids is 1. The lowest BCUT2D eigenvalue weighted by Crippen LogP contribution is -2.62. The molecule has 260 valence electrons. The molecule has 1 saturated heterocycles. The summed E-state index contributed by atoms with van der Waals surface area (Å²) in [5, 5.41) is 6.05. The monoisotopic (exact) mass is 673 g/mol. The van der Waals surface area contributed by atoms with Crippen molar-refractivity contribution in [3.05, 3.63) is 102 Å². The van der Waals surface area contributed by atoms with Gasteiger partial charge in [-0.2, -0.15) is 10.1 Å². The molecule has 2 aromatic heterocycles. The number of hydrogen-bond donors (Lipinski definition) is 0. The predicted octanol–water partition coefficient (Wildman–Crippen LogP) is 8.55. The number of hydrogen-bond acceptors (Lipinski definition) is 7. The topological polar surface area (TPSA) is 82.0 Å². The number of nitrogens with zero attached hydrogens (tertiary/aromatic N) is 5. The molecule has 1 saturated carbocycles. The van der Waals surface area contributed by atoms with Crippen molar-refractivity contribution in [2.24, 2.45) is 7.05 Å². The van der Waals surface area contributed by atoms with Gasteiger partial charge in [0.1, 0.15) is 24.5 Å². The van der Waals surface area contributed by atoms with Gasteiger partial charge in [0.2, 0.25) is 11.8 Å². The number of ether oxygens (including phenoxy) is 3. The first-order chi connectivity index (χ1) is 24.1. The fraction of sp³-hybridized carbons (Fsp3) is 0.390. The van der Waals surface area contributed by atoms with Crippen LogP contribution in [0.15, 0.2) is 91.0 Å². The zero-order valence-corrected chi connectivity index (χ0v) is 29.8. The number of benzene rings is 3. The standard InChI is InChI=1S/C41H47N5O4/c1-40(2,3)50-39(47)44(4)32-21-24-46(41(26-32)22-12-23-41)31-17-18-33-35(25-31)45(5)43-37(33)34-19-20-36(48-27-29-13-8-6-9-14-29)42-38(34)49-28-30-15-10-7-11-16-30/h6-11,13-20,25,32H,12,21-24,26-28H2,1-5H3. The number of aryl methyl sites for hydroxylation is 1. The summed E-state index contributed by atoms with van der Waals surface area (Å²) in [6, 6.07) is 30.9. The highest BCUT2D eigenvalue weighted by molar-refractivity contribution is 5.96. The Kier molecular flexibility index (Phi) is 9.16. The van der Waals surface area contributed by atoms with Crippen molar-refractivity contribution in [3.8, 4) is 23.0 Å². The Morgan fingerprint density at radius 3 is 2.24 bits per heavy atom. The van der Waals surface area contributed by atoms with Crippen LogP contribution >= 0.6 is 0 Å². The van der Waals surface area contributed by atoms with Crippen LogP contribution in [0.2, 0.25) is 0 Å². The van der Waals surface area contributed by atoms with E-state index in [1.54, 1.807) is 0 Å². The van der Waals surface area contributed by atoms with Gasteiger partial charge in [-0.1, -0.05) is 60.7 Å². The number of piperidine rings is 1. The van der Waals surface area contributed by atoms with Crippen LogP contribution in [0.25, 0.3) is 22.2 Å². The molecular weight excluding hydrogens is 626 g/mol. The first-order valence-electron chi connectivity index (χ1n) is 17.6. The van der Waals surface area contributed by atoms with Crippen molar-refractivity contribution in [2.75, 3.05) is 18.5 Å². The molecule has 9 heteroatoms. The van der Waals surface area contributed by atoms with Crippen LogP contribution in [0.1, 0.15) is 64.0 Å². The lowest BCUT2D eigenvalue weighted by molar-refractivity contribution is 0.0124. The minimum atomic E-state index is -0.513. The summed E-state index contributed by atoms with van der Waals surface area (Å²) in [6.07, 6.45) is 5.01. The molecular formula is C41H47N5O4. The van der Waals surface area contributed by atoms with E-state index in [0.29, 0.717) is 25.0 Å². The second kappa shape index (κ2) is 13.7. The van der Waals surface area contributed by atoms with Crippen LogP contribution in [-0.2, 0) is 25.0 Å². The molecule has 0 bridgehead atoms. The molecule has 0 radical (unpaired) electrons. The Morgan fingerprint density at radius 1 is 0.920 bits per heavy atom. The molecule has 1 atom stereocenters. The summed E-state index contributed by atoms with van der Waals surface area (Å²) in [6.45, 7) is 7.41. The second-order valence-electron chi connectivity index (χ2n) is 14.7. The highest BCUT2D eigenvalue weighted by atomic mass is 16.6. The highest BCUT2D eigenvalue weighted by Gasteiger charge is 2.48. The molecule has 1 amide bonds. The van der Waals surface area contributed by atoms with Gasteiger partial charge in [-0.15, -0.1) is 0 Å². The van der Waals surface area contributed by atoms with Crippen molar-refractivity contribution in [2.45, 2.75) is 83.3 Å². The van der Waals surface area contributed by atoms with E-state index >= 15 is 0 Å². The normalized spacial score (nSPS) is 17.0. The Balaban J connectivity index is 1.16. The minimum absolute atomic E-state index is 0.0340. The fourth-order valence-electron chi connectivity index (χ4n) is 7.31. The Hall–Kier alpha value is -5.05. The summed E-state index contributed by atoms with van der Waals surface area (Å²) in [5.41, 5.74) is 5.50. The van der Waals surface area contributed by atoms with Crippen molar-refractivity contribution >= 4 is 22.7 Å². The maximum Gasteiger partial charge on any atom is 0.410 e. The Bertz CT molecular complexity index is 1950. The Labute approximate surface area is 294 Å². The summed E-state index contributed by atoms with van der Waals surface area (Å²) >= 11 is 0. The zero-order valence-electron chi connectivity index (χ0n) is 29.8. The summed E-state index contributed by atoms with van der Waals surface area (Å²) < 4.78 is 20.1. The van der Waals surface area contributed by atoms with Crippen LogP contribution in [0.5, 0.6) is 11.8 Å². The van der Waals surface area contributed by atoms with Crippen molar-refractivity contribution in [1.29, 1.82) is 0 Å². The minimum Gasteiger partial charge on any atom is -0.473 e. The van der Waals surface area contributed by atoms with Crippen LogP contribution in [0, 0.1) is 0 Å². The van der Waals surface area contributed by atoms with Gasteiger partial charge in [0.15, 0.2) is 0 Å². The third kappa shape index (κ3) is 6.99. The average Bonchev–Trinajstić information content (AvgIpc) is 3.43. The van der Waals surface area contributed by atoms with E-state index in [4.69, 9.17) is 24.3 Å². The van der Waals surface area contributed by atoms with Crippen molar-refractivity contribution in [3.63, 3.8) is 0 Å². The molecule has 9 nitrogen and oxygen atoms in total. The molecule has 3 aromatic carbocycles. The van der Waals surface area contributed by atoms with E-state index in [-0.39, 0.29) is 17.7 Å². The summed E-state index contributed by atoms with van der Waals surface area (Å²) in [7, 11) is 3.88. The molecule has 1 spiro atoms.